The number of aryl methyl sites for hydroxylation is 1. The van der Waals surface area contributed by atoms with Crippen LogP contribution in [0.5, 0.6) is 0 Å². The molecule has 2 aromatic heterocycles. The van der Waals surface area contributed by atoms with Gasteiger partial charge in [0.25, 0.3) is 0 Å². The van der Waals surface area contributed by atoms with Crippen molar-refractivity contribution in [3.63, 3.8) is 0 Å². The predicted molar refractivity (Wildman–Crippen MR) is 66.1 cm³/mol. The van der Waals surface area contributed by atoms with Crippen LogP contribution in [-0.2, 0) is 6.54 Å². The molecule has 84 valence electrons. The van der Waals surface area contributed by atoms with Crippen molar-refractivity contribution < 1.29 is 4.39 Å². The third kappa shape index (κ3) is 2.56. The predicted octanol–water partition coefficient (Wildman–Crippen LogP) is 3.36. The summed E-state index contributed by atoms with van der Waals surface area (Å²) >= 11 is 4.70. The summed E-state index contributed by atoms with van der Waals surface area (Å²) in [7, 11) is 0. The topological polar surface area (TPSA) is 37.8 Å². The average Bonchev–Trinajstić information content (AvgIpc) is 2.63. The highest BCUT2D eigenvalue weighted by Crippen LogP contribution is 2.18. The number of rotatable bonds is 3. The van der Waals surface area contributed by atoms with E-state index in [1.807, 2.05) is 6.92 Å². The van der Waals surface area contributed by atoms with Gasteiger partial charge in [-0.15, -0.1) is 11.3 Å². The Labute approximate surface area is 105 Å². The highest BCUT2D eigenvalue weighted by molar-refractivity contribution is 9.10. The molecule has 0 aromatic carbocycles. The molecule has 0 unspecified atom stereocenters. The smallest absolute Gasteiger partial charge is 0.166 e. The van der Waals surface area contributed by atoms with Crippen LogP contribution in [0.1, 0.15) is 10.6 Å². The molecule has 0 spiro atoms. The van der Waals surface area contributed by atoms with Gasteiger partial charge in [-0.3, -0.25) is 0 Å². The number of nitrogens with one attached hydrogen (secondary N) is 1. The summed E-state index contributed by atoms with van der Waals surface area (Å²) in [4.78, 5) is 9.17. The Morgan fingerprint density at radius 1 is 1.50 bits per heavy atom. The van der Waals surface area contributed by atoms with Crippen LogP contribution in [0, 0.1) is 12.7 Å². The summed E-state index contributed by atoms with van der Waals surface area (Å²) in [5, 5.41) is 2.95. The van der Waals surface area contributed by atoms with Gasteiger partial charge in [0.2, 0.25) is 0 Å². The Hall–Kier alpha value is -1.01. The Morgan fingerprint density at radius 3 is 2.94 bits per heavy atom. The Balaban J connectivity index is 2.08. The van der Waals surface area contributed by atoms with Gasteiger partial charge in [0.05, 0.1) is 17.7 Å². The summed E-state index contributed by atoms with van der Waals surface area (Å²) < 4.78 is 14.0. The first-order chi connectivity index (χ1) is 7.66. The fourth-order valence-electron chi connectivity index (χ4n) is 1.20. The monoisotopic (exact) mass is 301 g/mol. The first-order valence-corrected chi connectivity index (χ1v) is 6.28. The number of hydrogen-bond donors (Lipinski definition) is 1. The zero-order valence-electron chi connectivity index (χ0n) is 8.50. The quantitative estimate of drug-likeness (QED) is 0.944. The van der Waals surface area contributed by atoms with Gasteiger partial charge >= 0.3 is 0 Å². The van der Waals surface area contributed by atoms with Gasteiger partial charge in [-0.2, -0.15) is 0 Å². The van der Waals surface area contributed by atoms with E-state index in [9.17, 15) is 4.39 Å². The van der Waals surface area contributed by atoms with E-state index in [0.717, 1.165) is 10.6 Å². The molecule has 0 fully saturated rings. The number of thiazole rings is 1. The summed E-state index contributed by atoms with van der Waals surface area (Å²) in [6.07, 6.45) is 1.56. The van der Waals surface area contributed by atoms with E-state index in [4.69, 9.17) is 0 Å². The third-order valence-corrected chi connectivity index (χ3v) is 3.44. The molecule has 0 aliphatic rings. The van der Waals surface area contributed by atoms with Gasteiger partial charge in [-0.25, -0.2) is 14.4 Å². The largest absolute Gasteiger partial charge is 0.363 e. The Bertz CT molecular complexity index is 501. The van der Waals surface area contributed by atoms with Crippen molar-refractivity contribution in [2.75, 3.05) is 5.32 Å². The van der Waals surface area contributed by atoms with Gasteiger partial charge in [-0.1, -0.05) is 0 Å². The van der Waals surface area contributed by atoms with E-state index >= 15 is 0 Å². The van der Waals surface area contributed by atoms with Gasteiger partial charge in [0.1, 0.15) is 0 Å². The van der Waals surface area contributed by atoms with Crippen LogP contribution >= 0.6 is 27.3 Å². The first kappa shape index (κ1) is 11.5. The van der Waals surface area contributed by atoms with Crippen LogP contribution < -0.4 is 5.32 Å². The molecule has 0 aliphatic carbocycles. The maximum Gasteiger partial charge on any atom is 0.166 e. The lowest BCUT2D eigenvalue weighted by Crippen LogP contribution is -2.03. The molecule has 0 saturated carbocycles. The maximum atomic E-state index is 13.4. The highest BCUT2D eigenvalue weighted by atomic mass is 79.9. The number of hydrogen-bond acceptors (Lipinski definition) is 4. The highest BCUT2D eigenvalue weighted by Gasteiger charge is 2.06. The van der Waals surface area contributed by atoms with Crippen LogP contribution in [0.15, 0.2) is 22.2 Å². The van der Waals surface area contributed by atoms with Gasteiger partial charge in [-0.05, 0) is 28.9 Å². The minimum Gasteiger partial charge on any atom is -0.363 e. The standard InChI is InChI=1S/C10H9BrFN3S/c1-6-9(16-5-15-6)4-14-10-8(12)2-7(11)3-13-10/h2-3,5H,4H2,1H3,(H,13,14). The second-order valence-electron chi connectivity index (χ2n) is 3.20. The van der Waals surface area contributed by atoms with Crippen LogP contribution in [0.3, 0.4) is 0 Å². The minimum absolute atomic E-state index is 0.260. The summed E-state index contributed by atoms with van der Waals surface area (Å²) in [5.41, 5.74) is 2.74. The van der Waals surface area contributed by atoms with Crippen LogP contribution in [0.2, 0.25) is 0 Å². The summed E-state index contributed by atoms with van der Waals surface area (Å²) in [5.74, 6) is -0.104. The molecule has 0 bridgehead atoms. The molecule has 3 nitrogen and oxygen atoms in total. The second kappa shape index (κ2) is 4.88. The first-order valence-electron chi connectivity index (χ1n) is 4.60. The van der Waals surface area contributed by atoms with Gasteiger partial charge < -0.3 is 5.32 Å². The number of aromatic nitrogens is 2. The van der Waals surface area contributed by atoms with E-state index in [0.29, 0.717) is 11.0 Å². The number of nitrogens with zero attached hydrogens (tertiary/aromatic N) is 2. The van der Waals surface area contributed by atoms with Gasteiger partial charge in [0, 0.05) is 15.5 Å². The van der Waals surface area contributed by atoms with E-state index in [2.05, 4.69) is 31.2 Å². The molecule has 6 heteroatoms. The lowest BCUT2D eigenvalue weighted by Gasteiger charge is -2.05. The summed E-state index contributed by atoms with van der Waals surface area (Å²) in [6.45, 7) is 2.47. The molecule has 2 aromatic rings. The number of halogens is 2. The molecular formula is C10H9BrFN3S. The van der Waals surface area contributed by atoms with E-state index in [-0.39, 0.29) is 11.6 Å². The van der Waals surface area contributed by atoms with Crippen molar-refractivity contribution >= 4 is 33.1 Å². The van der Waals surface area contributed by atoms with Crippen molar-refractivity contribution in [1.29, 1.82) is 0 Å². The molecule has 0 radical (unpaired) electrons. The SMILES string of the molecule is Cc1ncsc1CNc1ncc(Br)cc1F. The third-order valence-electron chi connectivity index (χ3n) is 2.07. The van der Waals surface area contributed by atoms with Crippen molar-refractivity contribution in [3.05, 3.63) is 38.6 Å². The number of pyridine rings is 1. The minimum atomic E-state index is -0.364. The Morgan fingerprint density at radius 2 is 2.31 bits per heavy atom. The molecule has 1 N–H and O–H groups in total. The summed E-state index contributed by atoms with van der Waals surface area (Å²) in [6, 6.07) is 1.38. The van der Waals surface area contributed by atoms with E-state index < -0.39 is 0 Å². The fourth-order valence-corrected chi connectivity index (χ4v) is 2.22. The lowest BCUT2D eigenvalue weighted by molar-refractivity contribution is 0.623. The van der Waals surface area contributed by atoms with Crippen molar-refractivity contribution in [1.82, 2.24) is 9.97 Å². The second-order valence-corrected chi connectivity index (χ2v) is 5.05. The molecule has 0 aliphatic heterocycles. The molecule has 0 amide bonds. The zero-order chi connectivity index (χ0) is 11.5. The van der Waals surface area contributed by atoms with E-state index in [1.54, 1.807) is 23.0 Å². The van der Waals surface area contributed by atoms with Crippen LogP contribution in [0.4, 0.5) is 10.2 Å². The maximum absolute atomic E-state index is 13.4. The number of anilines is 1. The molecule has 2 heterocycles. The van der Waals surface area contributed by atoms with Crippen molar-refractivity contribution in [2.45, 2.75) is 13.5 Å². The van der Waals surface area contributed by atoms with Crippen molar-refractivity contribution in [3.8, 4) is 0 Å². The fraction of sp³-hybridized carbons (Fsp3) is 0.200. The zero-order valence-corrected chi connectivity index (χ0v) is 10.9. The van der Waals surface area contributed by atoms with E-state index in [1.165, 1.54) is 6.07 Å². The van der Waals surface area contributed by atoms with Crippen LogP contribution in [0.25, 0.3) is 0 Å². The lowest BCUT2D eigenvalue weighted by atomic mass is 10.4. The Kier molecular flexibility index (Phi) is 3.50. The normalized spacial score (nSPS) is 10.4. The molecule has 0 atom stereocenters. The average molecular weight is 302 g/mol. The van der Waals surface area contributed by atoms with Crippen LogP contribution in [-0.4, -0.2) is 9.97 Å². The molecule has 0 saturated heterocycles. The molecule has 2 rings (SSSR count). The molecular weight excluding hydrogens is 293 g/mol. The molecule has 16 heavy (non-hydrogen) atoms. The van der Waals surface area contributed by atoms with Crippen molar-refractivity contribution in [2.24, 2.45) is 0 Å². The van der Waals surface area contributed by atoms with Gasteiger partial charge in [0.15, 0.2) is 11.6 Å².